The first kappa shape index (κ1) is 28.4. The van der Waals surface area contributed by atoms with E-state index >= 15 is 0 Å². The number of imidazole rings is 1. The Bertz CT molecular complexity index is 1670. The SMILES string of the molecule is Cc1ccc(C(=O)Cc2ccc(CN3CCN(C)CC3)c(C(F)(F)F)c2)cc1C#Cc1ccc2c(c1)nc(N)n2C. The Balaban J connectivity index is 1.34. The molecule has 0 amide bonds. The van der Waals surface area contributed by atoms with Gasteiger partial charge in [0.05, 0.1) is 16.6 Å². The first-order chi connectivity index (χ1) is 19.5. The minimum Gasteiger partial charge on any atom is -0.369 e. The summed E-state index contributed by atoms with van der Waals surface area (Å²) in [6.07, 6.45) is -4.64. The van der Waals surface area contributed by atoms with Gasteiger partial charge in [-0.25, -0.2) is 4.98 Å². The van der Waals surface area contributed by atoms with Crippen LogP contribution in [0.2, 0.25) is 0 Å². The van der Waals surface area contributed by atoms with Gasteiger partial charge in [0, 0.05) is 62.9 Å². The van der Waals surface area contributed by atoms with E-state index in [4.69, 9.17) is 5.73 Å². The number of nitrogens with two attached hydrogens (primary N) is 1. The van der Waals surface area contributed by atoms with Gasteiger partial charge in [0.1, 0.15) is 0 Å². The summed E-state index contributed by atoms with van der Waals surface area (Å²) in [6.45, 7) is 5.22. The molecule has 9 heteroatoms. The van der Waals surface area contributed by atoms with Crippen LogP contribution < -0.4 is 5.73 Å². The molecule has 1 saturated heterocycles. The fourth-order valence-electron chi connectivity index (χ4n) is 5.04. The van der Waals surface area contributed by atoms with Crippen molar-refractivity contribution in [2.75, 3.05) is 39.0 Å². The number of hydrogen-bond donors (Lipinski definition) is 1. The van der Waals surface area contributed by atoms with Crippen molar-refractivity contribution in [2.24, 2.45) is 7.05 Å². The van der Waals surface area contributed by atoms with Crippen molar-refractivity contribution in [3.05, 3.63) is 93.5 Å². The van der Waals surface area contributed by atoms with Crippen LogP contribution in [-0.2, 0) is 26.2 Å². The van der Waals surface area contributed by atoms with Crippen LogP contribution in [0.4, 0.5) is 19.1 Å². The van der Waals surface area contributed by atoms with Gasteiger partial charge in [0.25, 0.3) is 0 Å². The Morgan fingerprint density at radius 2 is 1.73 bits per heavy atom. The van der Waals surface area contributed by atoms with Gasteiger partial charge in [0.15, 0.2) is 5.78 Å². The molecule has 4 aromatic rings. The molecule has 41 heavy (non-hydrogen) atoms. The number of likely N-dealkylation sites (N-methyl/N-ethyl adjacent to an activating group) is 1. The Hall–Kier alpha value is -4.13. The molecule has 1 aliphatic heterocycles. The van der Waals surface area contributed by atoms with Crippen LogP contribution in [0.1, 0.15) is 43.7 Å². The molecule has 212 valence electrons. The van der Waals surface area contributed by atoms with Crippen molar-refractivity contribution < 1.29 is 18.0 Å². The maximum Gasteiger partial charge on any atom is 0.416 e. The molecule has 1 aliphatic rings. The third-order valence-corrected chi connectivity index (χ3v) is 7.65. The molecule has 1 fully saturated rings. The maximum atomic E-state index is 14.0. The zero-order valence-corrected chi connectivity index (χ0v) is 23.3. The number of alkyl halides is 3. The van der Waals surface area contributed by atoms with Gasteiger partial charge >= 0.3 is 6.18 Å². The van der Waals surface area contributed by atoms with Crippen LogP contribution in [-0.4, -0.2) is 58.4 Å². The van der Waals surface area contributed by atoms with Crippen LogP contribution in [0, 0.1) is 18.8 Å². The number of ketones is 1. The number of carbonyl (C=O) groups is 1. The van der Waals surface area contributed by atoms with E-state index in [9.17, 15) is 18.0 Å². The van der Waals surface area contributed by atoms with E-state index in [1.807, 2.05) is 44.1 Å². The lowest BCUT2D eigenvalue weighted by Crippen LogP contribution is -2.44. The van der Waals surface area contributed by atoms with Gasteiger partial charge in [0.2, 0.25) is 5.95 Å². The zero-order valence-electron chi connectivity index (χ0n) is 23.3. The van der Waals surface area contributed by atoms with Gasteiger partial charge in [-0.1, -0.05) is 36.1 Å². The number of hydrogen-bond acceptors (Lipinski definition) is 5. The van der Waals surface area contributed by atoms with Crippen molar-refractivity contribution >= 4 is 22.8 Å². The van der Waals surface area contributed by atoms with Crippen LogP contribution in [0.3, 0.4) is 0 Å². The van der Waals surface area contributed by atoms with Crippen LogP contribution >= 0.6 is 0 Å². The lowest BCUT2D eigenvalue weighted by molar-refractivity contribution is -0.138. The summed E-state index contributed by atoms with van der Waals surface area (Å²) in [6, 6.07) is 15.1. The topological polar surface area (TPSA) is 67.4 Å². The summed E-state index contributed by atoms with van der Waals surface area (Å²) in [5.74, 6) is 6.40. The number of fused-ring (bicyclic) bond motifs is 1. The third-order valence-electron chi connectivity index (χ3n) is 7.65. The molecular weight excluding hydrogens is 527 g/mol. The second-order valence-corrected chi connectivity index (χ2v) is 10.7. The molecular formula is C32H32F3N5O. The van der Waals surface area contributed by atoms with E-state index in [0.717, 1.165) is 54.4 Å². The predicted molar refractivity (Wildman–Crippen MR) is 155 cm³/mol. The van der Waals surface area contributed by atoms with Crippen LogP contribution in [0.15, 0.2) is 54.6 Å². The molecule has 5 rings (SSSR count). The number of nitrogens with zero attached hydrogens (tertiary/aromatic N) is 4. The molecule has 0 spiro atoms. The van der Waals surface area contributed by atoms with Crippen molar-refractivity contribution in [1.82, 2.24) is 19.4 Å². The van der Waals surface area contributed by atoms with Crippen LogP contribution in [0.25, 0.3) is 11.0 Å². The highest BCUT2D eigenvalue weighted by Crippen LogP contribution is 2.34. The highest BCUT2D eigenvalue weighted by molar-refractivity contribution is 5.98. The molecule has 1 aromatic heterocycles. The molecule has 2 N–H and O–H groups in total. The minimum absolute atomic E-state index is 0.133. The molecule has 0 saturated carbocycles. The third kappa shape index (κ3) is 6.45. The number of piperazine rings is 1. The number of benzene rings is 3. The van der Waals surface area contributed by atoms with E-state index in [0.29, 0.717) is 22.6 Å². The van der Waals surface area contributed by atoms with E-state index in [1.54, 1.807) is 28.8 Å². The Morgan fingerprint density at radius 1 is 0.976 bits per heavy atom. The highest BCUT2D eigenvalue weighted by Gasteiger charge is 2.34. The first-order valence-electron chi connectivity index (χ1n) is 13.5. The Morgan fingerprint density at radius 3 is 2.46 bits per heavy atom. The smallest absolute Gasteiger partial charge is 0.369 e. The molecule has 3 aromatic carbocycles. The van der Waals surface area contributed by atoms with Crippen molar-refractivity contribution in [2.45, 2.75) is 26.1 Å². The van der Waals surface area contributed by atoms with Crippen molar-refractivity contribution in [3.8, 4) is 11.8 Å². The maximum absolute atomic E-state index is 14.0. The van der Waals surface area contributed by atoms with E-state index in [2.05, 4.69) is 21.7 Å². The second-order valence-electron chi connectivity index (χ2n) is 10.7. The first-order valence-corrected chi connectivity index (χ1v) is 13.5. The Labute approximate surface area is 237 Å². The molecule has 0 radical (unpaired) electrons. The summed E-state index contributed by atoms with van der Waals surface area (Å²) < 4.78 is 43.8. The largest absolute Gasteiger partial charge is 0.416 e. The molecule has 0 aliphatic carbocycles. The van der Waals surface area contributed by atoms with Gasteiger partial charge in [-0.2, -0.15) is 13.2 Å². The van der Waals surface area contributed by atoms with E-state index < -0.39 is 11.7 Å². The van der Waals surface area contributed by atoms with Gasteiger partial charge in [-0.05, 0) is 61.0 Å². The number of carbonyl (C=O) groups excluding carboxylic acids is 1. The molecule has 0 unspecified atom stereocenters. The number of rotatable bonds is 5. The van der Waals surface area contributed by atoms with E-state index in [-0.39, 0.29) is 24.3 Å². The predicted octanol–water partition coefficient (Wildman–Crippen LogP) is 5.06. The van der Waals surface area contributed by atoms with Gasteiger partial charge in [-0.3, -0.25) is 9.69 Å². The number of nitrogen functional groups attached to an aromatic ring is 1. The highest BCUT2D eigenvalue weighted by atomic mass is 19.4. The average molecular weight is 560 g/mol. The number of halogens is 3. The minimum atomic E-state index is -4.50. The lowest BCUT2D eigenvalue weighted by atomic mass is 9.96. The quantitative estimate of drug-likeness (QED) is 0.274. The summed E-state index contributed by atoms with van der Waals surface area (Å²) in [7, 11) is 3.85. The monoisotopic (exact) mass is 559 g/mol. The van der Waals surface area contributed by atoms with Gasteiger partial charge < -0.3 is 15.2 Å². The van der Waals surface area contributed by atoms with Crippen molar-refractivity contribution in [3.63, 3.8) is 0 Å². The van der Waals surface area contributed by atoms with Crippen molar-refractivity contribution in [1.29, 1.82) is 0 Å². The fourth-order valence-corrected chi connectivity index (χ4v) is 5.04. The van der Waals surface area contributed by atoms with Crippen LogP contribution in [0.5, 0.6) is 0 Å². The number of aromatic nitrogens is 2. The molecule has 6 nitrogen and oxygen atoms in total. The molecule has 0 atom stereocenters. The number of aryl methyl sites for hydroxylation is 2. The van der Waals surface area contributed by atoms with Gasteiger partial charge in [-0.15, -0.1) is 0 Å². The fraction of sp³-hybridized carbons (Fsp3) is 0.312. The lowest BCUT2D eigenvalue weighted by Gasteiger charge is -2.33. The van der Waals surface area contributed by atoms with E-state index in [1.165, 1.54) is 6.07 Å². The standard InChI is InChI=1S/C32H32F3N5O/c1-21-4-8-25(19-24(21)9-5-22-7-11-29-28(17-22)37-31(36)39(29)3)30(41)18-23-6-10-26(27(16-23)32(33,34)35)20-40-14-12-38(2)13-15-40/h4,6-8,10-11,16-17,19H,12-15,18,20H2,1-3H3,(H2,36,37). The number of Topliss-reactive ketones (excluding diaryl/α,β-unsaturated/α-hetero) is 1. The normalized spacial score (nSPS) is 14.7. The molecule has 2 heterocycles. The summed E-state index contributed by atoms with van der Waals surface area (Å²) in [5, 5.41) is 0. The summed E-state index contributed by atoms with van der Waals surface area (Å²) >= 11 is 0. The zero-order chi connectivity index (χ0) is 29.3. The molecule has 0 bridgehead atoms. The summed E-state index contributed by atoms with van der Waals surface area (Å²) in [4.78, 5) is 21.7. The second kappa shape index (κ2) is 11.4. The summed E-state index contributed by atoms with van der Waals surface area (Å²) in [5.41, 5.74) is 10.2. The Kier molecular flexibility index (Phi) is 7.89. The number of anilines is 1. The average Bonchev–Trinajstić information content (AvgIpc) is 3.22.